The van der Waals surface area contributed by atoms with Crippen molar-refractivity contribution in [2.45, 2.75) is 7.59 Å². The summed E-state index contributed by atoms with van der Waals surface area (Å²) in [5.41, 5.74) is 3.86. The number of para-hydroxylation sites is 1. The maximum atomic E-state index is 5.91. The lowest BCUT2D eigenvalue weighted by Gasteiger charge is -2.32. The molecule has 0 saturated carbocycles. The fraction of sp³-hybridized carbons (Fsp3) is 0.182. The third kappa shape index (κ3) is 3.79. The van der Waals surface area contributed by atoms with Crippen LogP contribution in [0.4, 0.5) is 5.69 Å². The second-order valence-electron chi connectivity index (χ2n) is 3.79. The topological polar surface area (TPSA) is 27.6 Å². The van der Waals surface area contributed by atoms with Crippen molar-refractivity contribution in [1.29, 1.82) is 0 Å². The maximum Gasteiger partial charge on any atom is 0.232 e. The van der Waals surface area contributed by atoms with Crippen LogP contribution in [0.1, 0.15) is 0 Å². The van der Waals surface area contributed by atoms with Crippen LogP contribution in [0.15, 0.2) is 46.7 Å². The predicted octanol–water partition coefficient (Wildman–Crippen LogP) is 4.99. The minimum atomic E-state index is -1.79. The second-order valence-corrected chi connectivity index (χ2v) is 8.35. The van der Waals surface area contributed by atoms with Gasteiger partial charge >= 0.3 is 0 Å². The van der Waals surface area contributed by atoms with Gasteiger partial charge in [0, 0.05) is 5.57 Å². The van der Waals surface area contributed by atoms with Gasteiger partial charge in [0.25, 0.3) is 0 Å². The van der Waals surface area contributed by atoms with Crippen LogP contribution >= 0.6 is 69.6 Å². The minimum absolute atomic E-state index is 0.126. The molecule has 0 amide bonds. The molecule has 1 heterocycles. The summed E-state index contributed by atoms with van der Waals surface area (Å²) in [6.07, 6.45) is 1.34. The van der Waals surface area contributed by atoms with Crippen LogP contribution in [-0.4, -0.2) is 13.8 Å². The van der Waals surface area contributed by atoms with Gasteiger partial charge in [-0.15, -0.1) is 0 Å². The number of rotatable bonds is 1. The molecule has 0 radical (unpaired) electrons. The number of benzene rings is 1. The molecule has 2 rings (SSSR count). The van der Waals surface area contributed by atoms with Crippen molar-refractivity contribution in [3.8, 4) is 0 Å². The number of hydrazone groups is 1. The highest BCUT2D eigenvalue weighted by Gasteiger charge is 2.39. The SMILES string of the molecule is ClC(Cl)(Cl)C1=C(C(Cl)(Cl)Cl)NN(c2ccccc2)N=C1. The van der Waals surface area contributed by atoms with E-state index in [2.05, 4.69) is 10.5 Å². The van der Waals surface area contributed by atoms with Gasteiger partial charge in [0.1, 0.15) is 0 Å². The van der Waals surface area contributed by atoms with E-state index < -0.39 is 7.59 Å². The van der Waals surface area contributed by atoms with Gasteiger partial charge in [-0.1, -0.05) is 87.8 Å². The Kier molecular flexibility index (Phi) is 4.90. The van der Waals surface area contributed by atoms with E-state index in [1.165, 1.54) is 11.3 Å². The third-order valence-electron chi connectivity index (χ3n) is 2.38. The summed E-state index contributed by atoms with van der Waals surface area (Å²) in [5.74, 6) is 0. The summed E-state index contributed by atoms with van der Waals surface area (Å²) >= 11 is 35.3. The molecule has 0 saturated heterocycles. The normalized spacial score (nSPS) is 16.4. The van der Waals surface area contributed by atoms with Gasteiger partial charge in [-0.25, -0.2) is 0 Å². The minimum Gasteiger partial charge on any atom is -0.277 e. The van der Waals surface area contributed by atoms with E-state index in [9.17, 15) is 0 Å². The fourth-order valence-electron chi connectivity index (χ4n) is 1.51. The van der Waals surface area contributed by atoms with Crippen molar-refractivity contribution in [3.05, 3.63) is 41.6 Å². The monoisotopic (exact) mass is 391 g/mol. The van der Waals surface area contributed by atoms with Crippen LogP contribution in [-0.2, 0) is 0 Å². The Hall–Kier alpha value is -0.0300. The van der Waals surface area contributed by atoms with Crippen molar-refractivity contribution in [2.24, 2.45) is 5.10 Å². The molecule has 3 nitrogen and oxygen atoms in total. The Labute approximate surface area is 146 Å². The van der Waals surface area contributed by atoms with Crippen LogP contribution in [0.25, 0.3) is 0 Å². The largest absolute Gasteiger partial charge is 0.277 e. The molecule has 0 spiro atoms. The lowest BCUT2D eigenvalue weighted by Crippen LogP contribution is -2.43. The van der Waals surface area contributed by atoms with Crippen LogP contribution < -0.4 is 10.5 Å². The van der Waals surface area contributed by atoms with Crippen LogP contribution in [0.3, 0.4) is 0 Å². The number of allylic oxidation sites excluding steroid dienone is 2. The molecule has 0 fully saturated rings. The first kappa shape index (κ1) is 16.3. The summed E-state index contributed by atoms with van der Waals surface area (Å²) in [6, 6.07) is 9.20. The Morgan fingerprint density at radius 2 is 1.50 bits per heavy atom. The Morgan fingerprint density at radius 1 is 0.900 bits per heavy atom. The second kappa shape index (κ2) is 5.99. The molecule has 9 heteroatoms. The van der Waals surface area contributed by atoms with Crippen molar-refractivity contribution in [1.82, 2.24) is 5.43 Å². The first-order valence-electron chi connectivity index (χ1n) is 5.24. The molecule has 0 aromatic heterocycles. The molecule has 1 aromatic rings. The molecule has 0 aliphatic carbocycles. The first-order valence-corrected chi connectivity index (χ1v) is 7.51. The highest BCUT2D eigenvalue weighted by Crippen LogP contribution is 2.43. The van der Waals surface area contributed by atoms with Gasteiger partial charge in [-0.2, -0.15) is 10.2 Å². The maximum absolute atomic E-state index is 5.91. The molecule has 1 aliphatic heterocycles. The average molecular weight is 394 g/mol. The summed E-state index contributed by atoms with van der Waals surface area (Å²) in [7, 11) is 0. The number of hydrogen-bond acceptors (Lipinski definition) is 3. The zero-order valence-corrected chi connectivity index (χ0v) is 14.2. The van der Waals surface area contributed by atoms with Crippen molar-refractivity contribution in [2.75, 3.05) is 5.12 Å². The van der Waals surface area contributed by atoms with Crippen LogP contribution in [0, 0.1) is 0 Å². The van der Waals surface area contributed by atoms with E-state index in [0.29, 0.717) is 0 Å². The highest BCUT2D eigenvalue weighted by molar-refractivity contribution is 6.72. The molecule has 0 unspecified atom stereocenters. The number of hydrogen-bond donors (Lipinski definition) is 1. The molecule has 108 valence electrons. The lowest BCUT2D eigenvalue weighted by atomic mass is 10.2. The summed E-state index contributed by atoms with van der Waals surface area (Å²) in [6.45, 7) is 0. The first-order chi connectivity index (χ1) is 9.19. The Morgan fingerprint density at radius 3 is 2.00 bits per heavy atom. The van der Waals surface area contributed by atoms with E-state index in [1.54, 1.807) is 0 Å². The van der Waals surface area contributed by atoms with Gasteiger partial charge in [-0.05, 0) is 12.1 Å². The number of nitrogens with zero attached hydrogens (tertiary/aromatic N) is 2. The molecule has 1 aliphatic rings. The summed E-state index contributed by atoms with van der Waals surface area (Å²) in [5, 5.41) is 5.54. The third-order valence-corrected chi connectivity index (χ3v) is 3.56. The summed E-state index contributed by atoms with van der Waals surface area (Å²) < 4.78 is -3.56. The van der Waals surface area contributed by atoms with Crippen molar-refractivity contribution in [3.63, 3.8) is 0 Å². The number of anilines is 1. The van der Waals surface area contributed by atoms with E-state index in [-0.39, 0.29) is 11.3 Å². The highest BCUT2D eigenvalue weighted by atomic mass is 35.6. The molecule has 0 atom stereocenters. The number of halogens is 6. The molecular weight excluding hydrogens is 387 g/mol. The molecular formula is C11H7Cl6N3. The van der Waals surface area contributed by atoms with E-state index in [0.717, 1.165) is 5.69 Å². The standard InChI is InChI=1S/C11H7Cl6N3/c12-10(13,14)8-6-18-20(7-4-2-1-3-5-7)19-9(8)11(15,16)17/h1-6,19H. The lowest BCUT2D eigenvalue weighted by molar-refractivity contribution is 0.707. The number of nitrogens with one attached hydrogen (secondary N) is 1. The van der Waals surface area contributed by atoms with Gasteiger partial charge in [0.2, 0.25) is 7.59 Å². The fourth-order valence-corrected chi connectivity index (χ4v) is 2.37. The van der Waals surface area contributed by atoms with Gasteiger partial charge in [0.05, 0.1) is 17.6 Å². The van der Waals surface area contributed by atoms with E-state index in [4.69, 9.17) is 69.6 Å². The quantitative estimate of drug-likeness (QED) is 0.680. The van der Waals surface area contributed by atoms with Crippen LogP contribution in [0.5, 0.6) is 0 Å². The average Bonchev–Trinajstić information content (AvgIpc) is 2.37. The summed E-state index contributed by atoms with van der Waals surface area (Å²) in [4.78, 5) is 0. The van der Waals surface area contributed by atoms with Crippen LogP contribution in [0.2, 0.25) is 0 Å². The zero-order chi connectivity index (χ0) is 15.0. The molecule has 0 bridgehead atoms. The number of alkyl halides is 6. The Balaban J connectivity index is 2.40. The molecule has 1 aromatic carbocycles. The predicted molar refractivity (Wildman–Crippen MR) is 88.2 cm³/mol. The van der Waals surface area contributed by atoms with Crippen molar-refractivity contribution >= 4 is 81.5 Å². The Bertz CT molecular complexity index is 544. The smallest absolute Gasteiger partial charge is 0.232 e. The van der Waals surface area contributed by atoms with Gasteiger partial charge in [-0.3, -0.25) is 5.43 Å². The zero-order valence-electron chi connectivity index (χ0n) is 9.63. The molecule has 20 heavy (non-hydrogen) atoms. The number of hydrazine groups is 1. The van der Waals surface area contributed by atoms with E-state index >= 15 is 0 Å². The van der Waals surface area contributed by atoms with Crippen molar-refractivity contribution < 1.29 is 0 Å². The van der Waals surface area contributed by atoms with Gasteiger partial charge in [0.15, 0.2) is 0 Å². The van der Waals surface area contributed by atoms with E-state index in [1.807, 2.05) is 30.3 Å². The van der Waals surface area contributed by atoms with Gasteiger partial charge < -0.3 is 0 Å². The molecule has 1 N–H and O–H groups in total.